The molecular formula is C17H24N2O3S. The number of hydrogen-bond acceptors (Lipinski definition) is 4. The number of thiophene rings is 1. The van der Waals surface area contributed by atoms with Gasteiger partial charge in [-0.25, -0.2) is 0 Å². The van der Waals surface area contributed by atoms with Gasteiger partial charge in [0, 0.05) is 35.9 Å². The molecule has 2 amide bonds. The second-order valence-electron chi connectivity index (χ2n) is 6.35. The third-order valence-corrected chi connectivity index (χ3v) is 5.62. The zero-order valence-corrected chi connectivity index (χ0v) is 14.7. The Kier molecular flexibility index (Phi) is 5.02. The molecule has 2 fully saturated rings. The van der Waals surface area contributed by atoms with Gasteiger partial charge >= 0.3 is 0 Å². The molecule has 0 radical (unpaired) electrons. The molecule has 1 aromatic heterocycles. The monoisotopic (exact) mass is 336 g/mol. The van der Waals surface area contributed by atoms with Gasteiger partial charge in [0.05, 0.1) is 24.7 Å². The van der Waals surface area contributed by atoms with Gasteiger partial charge < -0.3 is 14.5 Å². The Morgan fingerprint density at radius 1 is 1.17 bits per heavy atom. The number of carbonyl (C=O) groups is 2. The molecule has 3 heterocycles. The summed E-state index contributed by atoms with van der Waals surface area (Å²) in [6.45, 7) is 7.89. The highest BCUT2D eigenvalue weighted by Gasteiger charge is 2.32. The van der Waals surface area contributed by atoms with Crippen LogP contribution in [-0.2, 0) is 9.53 Å². The van der Waals surface area contributed by atoms with Crippen LogP contribution in [0.1, 0.15) is 33.0 Å². The van der Waals surface area contributed by atoms with E-state index in [4.69, 9.17) is 4.74 Å². The van der Waals surface area contributed by atoms with Crippen LogP contribution in [0.5, 0.6) is 0 Å². The molecule has 6 heteroatoms. The average molecular weight is 336 g/mol. The first kappa shape index (κ1) is 16.5. The van der Waals surface area contributed by atoms with Crippen molar-refractivity contribution in [1.29, 1.82) is 0 Å². The maximum absolute atomic E-state index is 12.8. The molecule has 23 heavy (non-hydrogen) atoms. The van der Waals surface area contributed by atoms with Crippen molar-refractivity contribution in [3.8, 4) is 0 Å². The quantitative estimate of drug-likeness (QED) is 0.831. The number of piperidine rings is 1. The number of rotatable bonds is 2. The summed E-state index contributed by atoms with van der Waals surface area (Å²) in [5.41, 5.74) is 0.798. The topological polar surface area (TPSA) is 49.9 Å². The van der Waals surface area contributed by atoms with Crippen molar-refractivity contribution >= 4 is 23.2 Å². The van der Waals surface area contributed by atoms with Crippen molar-refractivity contribution in [1.82, 2.24) is 9.80 Å². The van der Waals surface area contributed by atoms with E-state index in [9.17, 15) is 9.59 Å². The maximum Gasteiger partial charge on any atom is 0.255 e. The Balaban J connectivity index is 1.66. The van der Waals surface area contributed by atoms with E-state index in [0.29, 0.717) is 32.8 Å². The summed E-state index contributed by atoms with van der Waals surface area (Å²) in [6.07, 6.45) is 1.77. The number of carbonyl (C=O) groups excluding carboxylic acids is 2. The van der Waals surface area contributed by atoms with Crippen molar-refractivity contribution in [3.05, 3.63) is 21.4 Å². The molecule has 3 rings (SSSR count). The lowest BCUT2D eigenvalue weighted by Gasteiger charge is -2.36. The van der Waals surface area contributed by atoms with Crippen LogP contribution in [0.2, 0.25) is 0 Å². The summed E-state index contributed by atoms with van der Waals surface area (Å²) in [6, 6.07) is 1.97. The van der Waals surface area contributed by atoms with E-state index in [-0.39, 0.29) is 17.7 Å². The molecule has 1 atom stereocenters. The van der Waals surface area contributed by atoms with Gasteiger partial charge in [-0.15, -0.1) is 11.3 Å². The molecule has 2 aliphatic rings. The smallest absolute Gasteiger partial charge is 0.255 e. The number of morpholine rings is 1. The van der Waals surface area contributed by atoms with E-state index >= 15 is 0 Å². The van der Waals surface area contributed by atoms with Crippen LogP contribution in [0.25, 0.3) is 0 Å². The van der Waals surface area contributed by atoms with E-state index in [1.807, 2.05) is 29.7 Å². The minimum atomic E-state index is -0.0640. The molecule has 0 aliphatic carbocycles. The molecular weight excluding hydrogens is 312 g/mol. The summed E-state index contributed by atoms with van der Waals surface area (Å²) >= 11 is 1.65. The molecule has 1 aromatic rings. The van der Waals surface area contributed by atoms with Crippen molar-refractivity contribution in [3.63, 3.8) is 0 Å². The minimum Gasteiger partial charge on any atom is -0.378 e. The first-order chi connectivity index (χ1) is 11.1. The van der Waals surface area contributed by atoms with Crippen LogP contribution in [0.3, 0.4) is 0 Å². The number of hydrogen-bond donors (Lipinski definition) is 0. The third kappa shape index (κ3) is 3.58. The standard InChI is InChI=1S/C17H24N2O3S/c1-12-10-15(13(2)23-12)17(21)19-5-3-4-14(11-19)16(20)18-6-8-22-9-7-18/h10,14H,3-9,11H2,1-2H3/t14-/m1/s1. The molecule has 5 nitrogen and oxygen atoms in total. The Hall–Kier alpha value is -1.40. The Morgan fingerprint density at radius 2 is 1.91 bits per heavy atom. The van der Waals surface area contributed by atoms with Gasteiger partial charge in [-0.05, 0) is 32.8 Å². The average Bonchev–Trinajstić information content (AvgIpc) is 2.93. The van der Waals surface area contributed by atoms with E-state index in [1.54, 1.807) is 11.3 Å². The number of ether oxygens (including phenoxy) is 1. The molecule has 126 valence electrons. The van der Waals surface area contributed by atoms with Crippen LogP contribution >= 0.6 is 11.3 Å². The highest BCUT2D eigenvalue weighted by Crippen LogP contribution is 2.25. The molecule has 0 spiro atoms. The SMILES string of the molecule is Cc1cc(C(=O)N2CCC[C@@H](C(=O)N3CCOCC3)C2)c(C)s1. The van der Waals surface area contributed by atoms with E-state index in [0.717, 1.165) is 34.7 Å². The summed E-state index contributed by atoms with van der Waals surface area (Å²) in [5.74, 6) is 0.196. The second-order valence-corrected chi connectivity index (χ2v) is 7.82. The van der Waals surface area contributed by atoms with Gasteiger partial charge in [0.2, 0.25) is 5.91 Å². The highest BCUT2D eigenvalue weighted by molar-refractivity contribution is 7.12. The third-order valence-electron chi connectivity index (χ3n) is 4.65. The molecule has 0 unspecified atom stereocenters. The fourth-order valence-electron chi connectivity index (χ4n) is 3.42. The summed E-state index contributed by atoms with van der Waals surface area (Å²) in [5, 5.41) is 0. The molecule has 0 bridgehead atoms. The summed E-state index contributed by atoms with van der Waals surface area (Å²) in [4.78, 5) is 31.4. The van der Waals surface area contributed by atoms with Crippen molar-refractivity contribution in [2.45, 2.75) is 26.7 Å². The van der Waals surface area contributed by atoms with Crippen molar-refractivity contribution in [2.75, 3.05) is 39.4 Å². The van der Waals surface area contributed by atoms with E-state index in [1.165, 1.54) is 0 Å². The van der Waals surface area contributed by atoms with Crippen LogP contribution in [0.4, 0.5) is 0 Å². The predicted molar refractivity (Wildman–Crippen MR) is 89.8 cm³/mol. The van der Waals surface area contributed by atoms with Crippen LogP contribution in [0, 0.1) is 19.8 Å². The number of nitrogens with zero attached hydrogens (tertiary/aromatic N) is 2. The lowest BCUT2D eigenvalue weighted by molar-refractivity contribution is -0.141. The number of likely N-dealkylation sites (tertiary alicyclic amines) is 1. The number of aryl methyl sites for hydroxylation is 2. The first-order valence-electron chi connectivity index (χ1n) is 8.29. The molecule has 0 saturated carbocycles. The molecule has 2 saturated heterocycles. The van der Waals surface area contributed by atoms with Crippen molar-refractivity contribution in [2.24, 2.45) is 5.92 Å². The largest absolute Gasteiger partial charge is 0.378 e. The van der Waals surface area contributed by atoms with Gasteiger partial charge in [-0.3, -0.25) is 9.59 Å². The van der Waals surface area contributed by atoms with Gasteiger partial charge in [0.1, 0.15) is 0 Å². The lowest BCUT2D eigenvalue weighted by Crippen LogP contribution is -2.49. The fourth-order valence-corrected chi connectivity index (χ4v) is 4.33. The normalized spacial score (nSPS) is 22.3. The summed E-state index contributed by atoms with van der Waals surface area (Å²) < 4.78 is 5.31. The Morgan fingerprint density at radius 3 is 2.57 bits per heavy atom. The first-order valence-corrected chi connectivity index (χ1v) is 9.10. The summed E-state index contributed by atoms with van der Waals surface area (Å²) in [7, 11) is 0. The zero-order valence-electron chi connectivity index (χ0n) is 13.8. The molecule has 2 aliphatic heterocycles. The highest BCUT2D eigenvalue weighted by atomic mass is 32.1. The minimum absolute atomic E-state index is 0.0640. The van der Waals surface area contributed by atoms with Gasteiger partial charge in [-0.1, -0.05) is 0 Å². The zero-order chi connectivity index (χ0) is 16.4. The maximum atomic E-state index is 12.8. The molecule has 0 N–H and O–H groups in total. The molecule has 0 aromatic carbocycles. The number of amides is 2. The van der Waals surface area contributed by atoms with Crippen LogP contribution in [0.15, 0.2) is 6.07 Å². The van der Waals surface area contributed by atoms with Crippen LogP contribution in [-0.4, -0.2) is 61.0 Å². The van der Waals surface area contributed by atoms with Gasteiger partial charge in [0.25, 0.3) is 5.91 Å². The fraction of sp³-hybridized carbons (Fsp3) is 0.647. The Labute approximate surface area is 141 Å². The second kappa shape index (κ2) is 7.01. The van der Waals surface area contributed by atoms with Crippen LogP contribution < -0.4 is 0 Å². The van der Waals surface area contributed by atoms with E-state index in [2.05, 4.69) is 0 Å². The van der Waals surface area contributed by atoms with Crippen molar-refractivity contribution < 1.29 is 14.3 Å². The van der Waals surface area contributed by atoms with Gasteiger partial charge in [-0.2, -0.15) is 0 Å². The lowest BCUT2D eigenvalue weighted by atomic mass is 9.95. The van der Waals surface area contributed by atoms with E-state index < -0.39 is 0 Å². The Bertz CT molecular complexity index is 593. The predicted octanol–water partition coefficient (Wildman–Crippen LogP) is 2.08. The van der Waals surface area contributed by atoms with Gasteiger partial charge in [0.15, 0.2) is 0 Å².